The lowest BCUT2D eigenvalue weighted by Gasteiger charge is -1.93. The van der Waals surface area contributed by atoms with Crippen LogP contribution in [-0.2, 0) is 18.3 Å². The van der Waals surface area contributed by atoms with E-state index in [4.69, 9.17) is 5.11 Å². The molecule has 0 atom stereocenters. The summed E-state index contributed by atoms with van der Waals surface area (Å²) in [5.74, 6) is -0.829. The highest BCUT2D eigenvalue weighted by Crippen LogP contribution is 2.23. The highest BCUT2D eigenvalue weighted by atomic mass is 32.1. The molecule has 0 amide bonds. The molecule has 5 nitrogen and oxygen atoms in total. The minimum Gasteiger partial charge on any atom is -0.481 e. The molecule has 0 saturated carbocycles. The summed E-state index contributed by atoms with van der Waals surface area (Å²) in [5, 5.41) is 10.7. The molecule has 3 heterocycles. The van der Waals surface area contributed by atoms with Crippen molar-refractivity contribution in [1.29, 1.82) is 0 Å². The minimum atomic E-state index is -0.829. The molecule has 3 aromatic rings. The van der Waals surface area contributed by atoms with Crippen LogP contribution in [0.25, 0.3) is 16.2 Å². The van der Waals surface area contributed by atoms with Crippen molar-refractivity contribution in [3.8, 4) is 11.3 Å². The highest BCUT2D eigenvalue weighted by molar-refractivity contribution is 7.15. The molecule has 3 aromatic heterocycles. The van der Waals surface area contributed by atoms with Crippen LogP contribution in [0.5, 0.6) is 0 Å². The average molecular weight is 261 g/mol. The normalized spacial score (nSPS) is 11.2. The van der Waals surface area contributed by atoms with E-state index in [-0.39, 0.29) is 6.42 Å². The smallest absolute Gasteiger partial charge is 0.309 e. The van der Waals surface area contributed by atoms with Crippen LogP contribution < -0.4 is 0 Å². The van der Waals surface area contributed by atoms with E-state index < -0.39 is 5.97 Å². The fourth-order valence-electron chi connectivity index (χ4n) is 1.91. The number of carboxylic acid groups (broad SMARTS) is 1. The Morgan fingerprint density at radius 1 is 1.50 bits per heavy atom. The maximum absolute atomic E-state index is 10.8. The molecule has 0 aliphatic carbocycles. The van der Waals surface area contributed by atoms with Gasteiger partial charge in [0.15, 0.2) is 4.96 Å². The number of carboxylic acids is 1. The molecule has 3 rings (SSSR count). The van der Waals surface area contributed by atoms with E-state index in [9.17, 15) is 4.79 Å². The lowest BCUT2D eigenvalue weighted by molar-refractivity contribution is -0.136. The van der Waals surface area contributed by atoms with E-state index in [0.717, 1.165) is 21.9 Å². The number of imidazole rings is 1. The van der Waals surface area contributed by atoms with Gasteiger partial charge in [-0.15, -0.1) is 11.3 Å². The molecule has 6 heteroatoms. The van der Waals surface area contributed by atoms with Crippen LogP contribution in [0.1, 0.15) is 5.69 Å². The monoisotopic (exact) mass is 261 g/mol. The van der Waals surface area contributed by atoms with Gasteiger partial charge in [0.25, 0.3) is 0 Å². The van der Waals surface area contributed by atoms with Gasteiger partial charge in [-0.1, -0.05) is 0 Å². The molecule has 0 aliphatic heterocycles. The van der Waals surface area contributed by atoms with Crippen LogP contribution >= 0.6 is 11.3 Å². The fraction of sp³-hybridized carbons (Fsp3) is 0.167. The molecule has 0 spiro atoms. The zero-order valence-corrected chi connectivity index (χ0v) is 10.5. The first-order chi connectivity index (χ1) is 8.63. The zero-order valence-electron chi connectivity index (χ0n) is 9.70. The first-order valence-electron chi connectivity index (χ1n) is 5.43. The van der Waals surface area contributed by atoms with E-state index in [2.05, 4.69) is 4.98 Å². The number of aliphatic carboxylic acids is 1. The van der Waals surface area contributed by atoms with Gasteiger partial charge in [-0.3, -0.25) is 9.20 Å². The molecule has 0 aliphatic rings. The number of carbonyl (C=O) groups is 1. The molecule has 0 fully saturated rings. The zero-order chi connectivity index (χ0) is 12.7. The Morgan fingerprint density at radius 3 is 3.00 bits per heavy atom. The molecule has 1 N–H and O–H groups in total. The van der Waals surface area contributed by atoms with Crippen molar-refractivity contribution in [3.05, 3.63) is 35.7 Å². The number of aryl methyl sites for hydroxylation is 1. The number of aromatic nitrogens is 3. The van der Waals surface area contributed by atoms with E-state index in [1.165, 1.54) is 11.3 Å². The molecule has 0 aromatic carbocycles. The van der Waals surface area contributed by atoms with E-state index >= 15 is 0 Å². The topological polar surface area (TPSA) is 59.5 Å². The van der Waals surface area contributed by atoms with Crippen LogP contribution in [0.4, 0.5) is 0 Å². The highest BCUT2D eigenvalue weighted by Gasteiger charge is 2.12. The van der Waals surface area contributed by atoms with Crippen molar-refractivity contribution >= 4 is 22.3 Å². The maximum Gasteiger partial charge on any atom is 0.309 e. The molecular formula is C12H11N3O2S. The van der Waals surface area contributed by atoms with Gasteiger partial charge in [-0.2, -0.15) is 0 Å². The molecular weight excluding hydrogens is 250 g/mol. The van der Waals surface area contributed by atoms with Crippen molar-refractivity contribution in [1.82, 2.24) is 14.0 Å². The second kappa shape index (κ2) is 3.99. The van der Waals surface area contributed by atoms with Gasteiger partial charge < -0.3 is 9.67 Å². The lowest BCUT2D eigenvalue weighted by Crippen LogP contribution is -2.02. The minimum absolute atomic E-state index is 0.0184. The van der Waals surface area contributed by atoms with Gasteiger partial charge in [0.05, 0.1) is 12.1 Å². The van der Waals surface area contributed by atoms with Crippen molar-refractivity contribution in [2.24, 2.45) is 7.05 Å². The Bertz CT molecular complexity index is 723. The number of nitrogens with zero attached hydrogens (tertiary/aromatic N) is 3. The van der Waals surface area contributed by atoms with Gasteiger partial charge in [-0.05, 0) is 6.07 Å². The van der Waals surface area contributed by atoms with Crippen LogP contribution in [0.2, 0.25) is 0 Å². The molecule has 18 heavy (non-hydrogen) atoms. The Labute approximate surface area is 107 Å². The summed E-state index contributed by atoms with van der Waals surface area (Å²) in [4.78, 5) is 16.1. The molecule has 92 valence electrons. The lowest BCUT2D eigenvalue weighted by atomic mass is 10.3. The van der Waals surface area contributed by atoms with Crippen LogP contribution in [0, 0.1) is 0 Å². The number of rotatable bonds is 3. The third-order valence-electron chi connectivity index (χ3n) is 2.74. The summed E-state index contributed by atoms with van der Waals surface area (Å²) in [7, 11) is 1.96. The quantitative estimate of drug-likeness (QED) is 0.784. The first-order valence-corrected chi connectivity index (χ1v) is 6.31. The third-order valence-corrected chi connectivity index (χ3v) is 3.63. The van der Waals surface area contributed by atoms with Gasteiger partial charge >= 0.3 is 5.97 Å². The Balaban J connectivity index is 2.06. The summed E-state index contributed by atoms with van der Waals surface area (Å²) in [6, 6.07) is 1.99. The summed E-state index contributed by atoms with van der Waals surface area (Å²) in [6.07, 6.45) is 5.86. The second-order valence-electron chi connectivity index (χ2n) is 4.14. The SMILES string of the molecule is Cn1ccc(-c2cn3c(CC(=O)O)csc3n2)c1. The molecule has 0 saturated heterocycles. The number of thiazole rings is 1. The second-order valence-corrected chi connectivity index (χ2v) is 4.98. The third kappa shape index (κ3) is 1.80. The van der Waals surface area contributed by atoms with Crippen molar-refractivity contribution in [2.45, 2.75) is 6.42 Å². The fourth-order valence-corrected chi connectivity index (χ4v) is 2.78. The van der Waals surface area contributed by atoms with Gasteiger partial charge in [0.2, 0.25) is 0 Å². The molecule has 0 radical (unpaired) electrons. The van der Waals surface area contributed by atoms with E-state index in [1.54, 1.807) is 0 Å². The number of hydrogen-bond acceptors (Lipinski definition) is 3. The van der Waals surface area contributed by atoms with Crippen molar-refractivity contribution in [3.63, 3.8) is 0 Å². The van der Waals surface area contributed by atoms with Gasteiger partial charge in [-0.25, -0.2) is 4.98 Å². The summed E-state index contributed by atoms with van der Waals surface area (Å²) in [6.45, 7) is 0. The summed E-state index contributed by atoms with van der Waals surface area (Å²) >= 11 is 1.46. The van der Waals surface area contributed by atoms with Gasteiger partial charge in [0, 0.05) is 42.3 Å². The van der Waals surface area contributed by atoms with Crippen molar-refractivity contribution in [2.75, 3.05) is 0 Å². The average Bonchev–Trinajstić information content (AvgIpc) is 2.94. The molecule has 0 unspecified atom stereocenters. The van der Waals surface area contributed by atoms with Crippen LogP contribution in [0.15, 0.2) is 30.0 Å². The van der Waals surface area contributed by atoms with E-state index in [0.29, 0.717) is 0 Å². The Kier molecular flexibility index (Phi) is 2.45. The summed E-state index contributed by atoms with van der Waals surface area (Å²) < 4.78 is 3.81. The van der Waals surface area contributed by atoms with Crippen LogP contribution in [-0.4, -0.2) is 25.0 Å². The Hall–Kier alpha value is -2.08. The standard InChI is InChI=1S/C12H11N3O2S/c1-14-3-2-8(5-14)10-6-15-9(4-11(16)17)7-18-12(15)13-10/h2-3,5-7H,4H2,1H3,(H,16,17). The van der Waals surface area contributed by atoms with Crippen molar-refractivity contribution < 1.29 is 9.90 Å². The summed E-state index contributed by atoms with van der Waals surface area (Å²) in [5.41, 5.74) is 2.67. The number of fused-ring (bicyclic) bond motifs is 1. The predicted octanol–water partition coefficient (Wildman–Crippen LogP) is 2.03. The first kappa shape index (κ1) is 11.0. The van der Waals surface area contributed by atoms with Gasteiger partial charge in [0.1, 0.15) is 0 Å². The van der Waals surface area contributed by atoms with Crippen LogP contribution in [0.3, 0.4) is 0 Å². The number of hydrogen-bond donors (Lipinski definition) is 1. The maximum atomic E-state index is 10.8. The predicted molar refractivity (Wildman–Crippen MR) is 68.8 cm³/mol. The molecule has 0 bridgehead atoms. The largest absolute Gasteiger partial charge is 0.481 e. The Morgan fingerprint density at radius 2 is 2.33 bits per heavy atom. The van der Waals surface area contributed by atoms with E-state index in [1.807, 2.05) is 46.1 Å².